The lowest BCUT2D eigenvalue weighted by molar-refractivity contribution is 0.103. The van der Waals surface area contributed by atoms with Gasteiger partial charge in [0.05, 0.1) is 16.5 Å². The van der Waals surface area contributed by atoms with Crippen LogP contribution in [0.3, 0.4) is 0 Å². The Labute approximate surface area is 111 Å². The van der Waals surface area contributed by atoms with Gasteiger partial charge in [0, 0.05) is 6.20 Å². The number of halogens is 1. The highest BCUT2D eigenvalue weighted by Gasteiger charge is 2.31. The topological polar surface area (TPSA) is 64.8 Å². The molecule has 0 radical (unpaired) electrons. The molecule has 2 aromatic heterocycles. The third kappa shape index (κ3) is 1.25. The molecule has 5 nitrogen and oxygen atoms in total. The molecule has 0 N–H and O–H groups in total. The number of fused-ring (bicyclic) bond motifs is 4. The van der Waals surface area contributed by atoms with Crippen molar-refractivity contribution in [1.29, 1.82) is 0 Å². The van der Waals surface area contributed by atoms with Crippen LogP contribution in [0.5, 0.6) is 0 Å². The predicted molar refractivity (Wildman–Crippen MR) is 68.5 cm³/mol. The zero-order valence-corrected chi connectivity index (χ0v) is 10.0. The Kier molecular flexibility index (Phi) is 1.96. The van der Waals surface area contributed by atoms with Crippen molar-refractivity contribution in [1.82, 2.24) is 14.5 Å². The van der Waals surface area contributed by atoms with Gasteiger partial charge in [0.1, 0.15) is 5.82 Å². The van der Waals surface area contributed by atoms with Crippen LogP contribution in [0, 0.1) is 5.82 Å². The molecule has 0 spiro atoms. The average Bonchev–Trinajstić information content (AvgIpc) is 2.74. The van der Waals surface area contributed by atoms with Crippen molar-refractivity contribution < 1.29 is 9.18 Å². The lowest BCUT2D eigenvalue weighted by Crippen LogP contribution is -2.22. The predicted octanol–water partition coefficient (Wildman–Crippen LogP) is 1.46. The minimum atomic E-state index is -0.525. The summed E-state index contributed by atoms with van der Waals surface area (Å²) in [4.78, 5) is 32.9. The van der Waals surface area contributed by atoms with Crippen LogP contribution in [0.1, 0.15) is 16.2 Å². The van der Waals surface area contributed by atoms with Crippen LogP contribution >= 0.6 is 0 Å². The summed E-state index contributed by atoms with van der Waals surface area (Å²) in [7, 11) is 0. The van der Waals surface area contributed by atoms with E-state index < -0.39 is 11.4 Å². The number of ketones is 1. The second kappa shape index (κ2) is 3.57. The molecule has 1 aromatic carbocycles. The van der Waals surface area contributed by atoms with E-state index in [4.69, 9.17) is 0 Å². The number of nitrogens with zero attached hydrogens (tertiary/aromatic N) is 3. The molecule has 1 aliphatic rings. The average molecular weight is 267 g/mol. The molecule has 3 heterocycles. The normalized spacial score (nSPS) is 12.6. The summed E-state index contributed by atoms with van der Waals surface area (Å²) in [6.45, 7) is 0. The van der Waals surface area contributed by atoms with Crippen LogP contribution in [0.25, 0.3) is 16.7 Å². The Morgan fingerprint density at radius 2 is 2.00 bits per heavy atom. The molecule has 96 valence electrons. The number of carbonyl (C=O) groups is 1. The highest BCUT2D eigenvalue weighted by molar-refractivity contribution is 6.12. The van der Waals surface area contributed by atoms with Crippen LogP contribution in [-0.4, -0.2) is 20.3 Å². The van der Waals surface area contributed by atoms with Gasteiger partial charge in [-0.1, -0.05) is 0 Å². The van der Waals surface area contributed by atoms with Crippen LogP contribution in [0.2, 0.25) is 0 Å². The molecule has 3 aromatic rings. The van der Waals surface area contributed by atoms with Crippen LogP contribution in [0.4, 0.5) is 4.39 Å². The van der Waals surface area contributed by atoms with Gasteiger partial charge in [-0.15, -0.1) is 0 Å². The van der Waals surface area contributed by atoms with E-state index in [2.05, 4.69) is 9.97 Å². The summed E-state index contributed by atoms with van der Waals surface area (Å²) in [6.07, 6.45) is 1.49. The smallest absolute Gasteiger partial charge is 0.267 e. The Bertz CT molecular complexity index is 962. The molecule has 0 saturated carbocycles. The molecule has 0 aliphatic carbocycles. The monoisotopic (exact) mass is 267 g/mol. The second-order valence-corrected chi connectivity index (χ2v) is 4.44. The molecular formula is C14H6FN3O2. The quantitative estimate of drug-likeness (QED) is 0.484. The minimum absolute atomic E-state index is 0.0165. The van der Waals surface area contributed by atoms with E-state index in [1.54, 1.807) is 12.1 Å². The van der Waals surface area contributed by atoms with Gasteiger partial charge in [-0.2, -0.15) is 0 Å². The molecule has 0 atom stereocenters. The number of carbonyl (C=O) groups excluding carboxylic acids is 1. The van der Waals surface area contributed by atoms with Gasteiger partial charge in [0.25, 0.3) is 5.56 Å². The molecule has 0 unspecified atom stereocenters. The molecule has 4 rings (SSSR count). The molecule has 0 amide bonds. The van der Waals surface area contributed by atoms with Gasteiger partial charge < -0.3 is 0 Å². The maximum absolute atomic E-state index is 13.3. The van der Waals surface area contributed by atoms with Crippen molar-refractivity contribution in [3.05, 3.63) is 64.1 Å². The van der Waals surface area contributed by atoms with E-state index >= 15 is 0 Å². The van der Waals surface area contributed by atoms with Gasteiger partial charge in [-0.3, -0.25) is 9.59 Å². The summed E-state index contributed by atoms with van der Waals surface area (Å²) in [5, 5.41) is 0.125. The molecule has 0 fully saturated rings. The number of benzene rings is 1. The molecule has 0 bridgehead atoms. The van der Waals surface area contributed by atoms with Crippen LogP contribution in [0.15, 0.2) is 41.3 Å². The van der Waals surface area contributed by atoms with E-state index in [1.165, 1.54) is 18.3 Å². The van der Waals surface area contributed by atoms with Gasteiger partial charge >= 0.3 is 0 Å². The Morgan fingerprint density at radius 1 is 1.15 bits per heavy atom. The summed E-state index contributed by atoms with van der Waals surface area (Å²) < 4.78 is 14.4. The first-order valence-electron chi connectivity index (χ1n) is 5.89. The largest absolute Gasteiger partial charge is 0.285 e. The van der Waals surface area contributed by atoms with Crippen molar-refractivity contribution in [3.63, 3.8) is 0 Å². The lowest BCUT2D eigenvalue weighted by Gasteiger charge is -2.04. The first-order valence-corrected chi connectivity index (χ1v) is 5.89. The van der Waals surface area contributed by atoms with E-state index in [1.807, 2.05) is 0 Å². The van der Waals surface area contributed by atoms with Gasteiger partial charge in [-0.05, 0) is 30.3 Å². The summed E-state index contributed by atoms with van der Waals surface area (Å²) in [5.41, 5.74) is 0.131. The third-order valence-corrected chi connectivity index (χ3v) is 3.28. The fraction of sp³-hybridized carbons (Fsp3) is 0. The van der Waals surface area contributed by atoms with Crippen LogP contribution < -0.4 is 5.56 Å². The van der Waals surface area contributed by atoms with E-state index in [0.717, 1.165) is 10.6 Å². The third-order valence-electron chi connectivity index (χ3n) is 3.28. The SMILES string of the molecule is O=C1c2cccnc2-n2c1nc1ccc(F)cc1c2=O. The number of rotatable bonds is 0. The molecule has 20 heavy (non-hydrogen) atoms. The highest BCUT2D eigenvalue weighted by atomic mass is 19.1. The number of hydrogen-bond donors (Lipinski definition) is 0. The number of pyridine rings is 1. The zero-order valence-electron chi connectivity index (χ0n) is 10.0. The Balaban J connectivity index is 2.21. The second-order valence-electron chi connectivity index (χ2n) is 4.44. The lowest BCUT2D eigenvalue weighted by atomic mass is 10.2. The van der Waals surface area contributed by atoms with E-state index in [9.17, 15) is 14.0 Å². The van der Waals surface area contributed by atoms with E-state index in [-0.39, 0.29) is 22.8 Å². The molecule has 6 heteroatoms. The summed E-state index contributed by atoms with van der Waals surface area (Å²) in [6, 6.07) is 6.91. The fourth-order valence-corrected chi connectivity index (χ4v) is 2.38. The zero-order chi connectivity index (χ0) is 13.9. The van der Waals surface area contributed by atoms with Crippen molar-refractivity contribution in [2.45, 2.75) is 0 Å². The summed E-state index contributed by atoms with van der Waals surface area (Å²) in [5.74, 6) is -0.613. The number of aromatic nitrogens is 3. The van der Waals surface area contributed by atoms with Gasteiger partial charge in [0.2, 0.25) is 5.78 Å². The minimum Gasteiger partial charge on any atom is -0.285 e. The molecular weight excluding hydrogens is 261 g/mol. The van der Waals surface area contributed by atoms with Crippen LogP contribution in [-0.2, 0) is 0 Å². The molecule has 0 saturated heterocycles. The van der Waals surface area contributed by atoms with E-state index in [0.29, 0.717) is 11.1 Å². The Morgan fingerprint density at radius 3 is 2.85 bits per heavy atom. The first-order chi connectivity index (χ1) is 9.66. The van der Waals surface area contributed by atoms with Gasteiger partial charge in [0.15, 0.2) is 11.6 Å². The standard InChI is InChI=1S/C14H6FN3O2/c15-7-3-4-10-9(6-7)14(20)18-12-8(2-1-5-16-12)11(19)13(18)17-10/h1-6H. The van der Waals surface area contributed by atoms with Crippen molar-refractivity contribution in [2.75, 3.05) is 0 Å². The maximum atomic E-state index is 13.3. The van der Waals surface area contributed by atoms with Crippen molar-refractivity contribution in [3.8, 4) is 5.82 Å². The van der Waals surface area contributed by atoms with Crippen molar-refractivity contribution in [2.24, 2.45) is 0 Å². The highest BCUT2D eigenvalue weighted by Crippen LogP contribution is 2.24. The Hall–Kier alpha value is -2.89. The summed E-state index contributed by atoms with van der Waals surface area (Å²) >= 11 is 0. The fourth-order valence-electron chi connectivity index (χ4n) is 2.38. The molecule has 1 aliphatic heterocycles. The first kappa shape index (κ1) is 11.0. The number of hydrogen-bond acceptors (Lipinski definition) is 4. The van der Waals surface area contributed by atoms with Gasteiger partial charge in [-0.25, -0.2) is 18.9 Å². The maximum Gasteiger partial charge on any atom is 0.267 e. The van der Waals surface area contributed by atoms with Crippen molar-refractivity contribution >= 4 is 16.7 Å².